The maximum atomic E-state index is 12.5. The molecule has 1 rings (SSSR count). The third-order valence-corrected chi connectivity index (χ3v) is 2.78. The lowest BCUT2D eigenvalue weighted by molar-refractivity contribution is -0.214. The number of carboxylic acids is 1. The largest absolute Gasteiger partial charge is 0.481 e. The molecule has 1 aliphatic rings. The van der Waals surface area contributed by atoms with Crippen molar-refractivity contribution in [2.24, 2.45) is 11.7 Å². The highest BCUT2D eigenvalue weighted by Crippen LogP contribution is 2.43. The molecule has 0 aromatic rings. The van der Waals surface area contributed by atoms with Gasteiger partial charge in [0.25, 0.3) is 0 Å². The zero-order valence-corrected chi connectivity index (χ0v) is 7.47. The van der Waals surface area contributed by atoms with Gasteiger partial charge < -0.3 is 10.8 Å². The maximum Gasteiger partial charge on any atom is 0.407 e. The van der Waals surface area contributed by atoms with Gasteiger partial charge in [-0.2, -0.15) is 13.2 Å². The van der Waals surface area contributed by atoms with Crippen molar-refractivity contribution in [3.8, 4) is 0 Å². The summed E-state index contributed by atoms with van der Waals surface area (Å²) in [6.45, 7) is 0. The molecule has 0 heterocycles. The Morgan fingerprint density at radius 2 is 2.00 bits per heavy atom. The van der Waals surface area contributed by atoms with Gasteiger partial charge in [-0.15, -0.1) is 0 Å². The number of halogens is 3. The quantitative estimate of drug-likeness (QED) is 0.691. The minimum Gasteiger partial charge on any atom is -0.481 e. The van der Waals surface area contributed by atoms with Gasteiger partial charge in [0.1, 0.15) is 5.54 Å². The Morgan fingerprint density at radius 1 is 1.43 bits per heavy atom. The molecule has 1 fully saturated rings. The molecule has 3 nitrogen and oxygen atoms in total. The van der Waals surface area contributed by atoms with Crippen LogP contribution in [0.4, 0.5) is 13.2 Å². The minimum absolute atomic E-state index is 0.00530. The smallest absolute Gasteiger partial charge is 0.407 e. The van der Waals surface area contributed by atoms with E-state index in [2.05, 4.69) is 0 Å². The molecule has 3 N–H and O–H groups in total. The third-order valence-electron chi connectivity index (χ3n) is 2.78. The average molecular weight is 211 g/mol. The highest BCUT2D eigenvalue weighted by Gasteiger charge is 2.59. The normalized spacial score (nSPS) is 34.1. The molecule has 0 aliphatic heterocycles. The summed E-state index contributed by atoms with van der Waals surface area (Å²) in [5, 5.41) is 8.66. The first kappa shape index (κ1) is 11.3. The van der Waals surface area contributed by atoms with E-state index >= 15 is 0 Å². The molecular formula is C8H12F3NO2. The van der Waals surface area contributed by atoms with Crippen LogP contribution in [-0.4, -0.2) is 22.8 Å². The fraction of sp³-hybridized carbons (Fsp3) is 0.875. The number of rotatable bonds is 1. The summed E-state index contributed by atoms with van der Waals surface area (Å²) in [6, 6.07) is 0. The van der Waals surface area contributed by atoms with E-state index < -0.39 is 23.6 Å². The number of carboxylic acid groups (broad SMARTS) is 1. The molecule has 0 spiro atoms. The van der Waals surface area contributed by atoms with Gasteiger partial charge in [-0.3, -0.25) is 4.79 Å². The van der Waals surface area contributed by atoms with Gasteiger partial charge in [0.2, 0.25) is 0 Å². The third kappa shape index (κ3) is 1.70. The van der Waals surface area contributed by atoms with Crippen LogP contribution >= 0.6 is 0 Å². The summed E-state index contributed by atoms with van der Waals surface area (Å²) in [6.07, 6.45) is -4.11. The Morgan fingerprint density at radius 3 is 2.36 bits per heavy atom. The van der Waals surface area contributed by atoms with Crippen molar-refractivity contribution in [3.63, 3.8) is 0 Å². The van der Waals surface area contributed by atoms with E-state index in [-0.39, 0.29) is 12.8 Å². The Balaban J connectivity index is 2.97. The fourth-order valence-electron chi connectivity index (χ4n) is 1.88. The van der Waals surface area contributed by atoms with Crippen molar-refractivity contribution in [2.45, 2.75) is 37.4 Å². The second-order valence-corrected chi connectivity index (χ2v) is 3.67. The molecule has 0 amide bonds. The molecule has 82 valence electrons. The fourth-order valence-corrected chi connectivity index (χ4v) is 1.88. The first-order valence-corrected chi connectivity index (χ1v) is 4.37. The summed E-state index contributed by atoms with van der Waals surface area (Å²) in [4.78, 5) is 10.6. The molecule has 0 aromatic heterocycles. The van der Waals surface area contributed by atoms with Crippen LogP contribution in [0.5, 0.6) is 0 Å². The van der Waals surface area contributed by atoms with E-state index in [4.69, 9.17) is 10.8 Å². The molecular weight excluding hydrogens is 199 g/mol. The van der Waals surface area contributed by atoms with Crippen molar-refractivity contribution in [1.29, 1.82) is 0 Å². The number of alkyl halides is 3. The van der Waals surface area contributed by atoms with Crippen molar-refractivity contribution in [2.75, 3.05) is 0 Å². The van der Waals surface area contributed by atoms with Gasteiger partial charge in [0.05, 0.1) is 5.92 Å². The molecule has 0 radical (unpaired) electrons. The van der Waals surface area contributed by atoms with Crippen LogP contribution in [-0.2, 0) is 4.79 Å². The van der Waals surface area contributed by atoms with Crippen molar-refractivity contribution >= 4 is 5.97 Å². The van der Waals surface area contributed by atoms with Crippen LogP contribution in [0, 0.1) is 5.92 Å². The molecule has 1 aliphatic carbocycles. The summed E-state index contributed by atoms with van der Waals surface area (Å²) in [5.41, 5.74) is 2.63. The SMILES string of the molecule is NC1(C(F)(F)F)CCCCC1C(=O)O. The van der Waals surface area contributed by atoms with Crippen molar-refractivity contribution in [1.82, 2.24) is 0 Å². The maximum absolute atomic E-state index is 12.5. The van der Waals surface area contributed by atoms with Gasteiger partial charge in [0, 0.05) is 0 Å². The van der Waals surface area contributed by atoms with Gasteiger partial charge in [-0.25, -0.2) is 0 Å². The van der Waals surface area contributed by atoms with Crippen LogP contribution in [0.15, 0.2) is 0 Å². The number of hydrogen-bond acceptors (Lipinski definition) is 2. The number of aliphatic carboxylic acids is 1. The molecule has 2 atom stereocenters. The van der Waals surface area contributed by atoms with Crippen LogP contribution in [0.3, 0.4) is 0 Å². The lowest BCUT2D eigenvalue weighted by atomic mass is 9.73. The highest BCUT2D eigenvalue weighted by molar-refractivity contribution is 5.72. The van der Waals surface area contributed by atoms with E-state index in [1.54, 1.807) is 0 Å². The predicted octanol–water partition coefficient (Wildman–Crippen LogP) is 1.52. The molecule has 6 heteroatoms. The number of carbonyl (C=O) groups is 1. The van der Waals surface area contributed by atoms with Crippen molar-refractivity contribution in [3.05, 3.63) is 0 Å². The van der Waals surface area contributed by atoms with Crippen molar-refractivity contribution < 1.29 is 23.1 Å². The summed E-state index contributed by atoms with van der Waals surface area (Å²) >= 11 is 0. The number of nitrogens with two attached hydrogens (primary N) is 1. The van der Waals surface area contributed by atoms with Gasteiger partial charge in [0.15, 0.2) is 0 Å². The molecule has 1 saturated carbocycles. The molecule has 0 aromatic carbocycles. The minimum atomic E-state index is -4.64. The Bertz CT molecular complexity index is 241. The molecule has 0 saturated heterocycles. The monoisotopic (exact) mass is 211 g/mol. The van der Waals surface area contributed by atoms with E-state index in [1.165, 1.54) is 0 Å². The topological polar surface area (TPSA) is 63.3 Å². The van der Waals surface area contributed by atoms with Gasteiger partial charge in [-0.05, 0) is 12.8 Å². The average Bonchev–Trinajstić information content (AvgIpc) is 2.02. The first-order valence-electron chi connectivity index (χ1n) is 4.37. The van der Waals surface area contributed by atoms with E-state index in [9.17, 15) is 18.0 Å². The van der Waals surface area contributed by atoms with Crippen LogP contribution < -0.4 is 5.73 Å². The second-order valence-electron chi connectivity index (χ2n) is 3.67. The predicted molar refractivity (Wildman–Crippen MR) is 42.6 cm³/mol. The Labute approximate surface area is 79.1 Å². The van der Waals surface area contributed by atoms with Crippen LogP contribution in [0.1, 0.15) is 25.7 Å². The van der Waals surface area contributed by atoms with E-state index in [0.29, 0.717) is 12.8 Å². The lowest BCUT2D eigenvalue weighted by Crippen LogP contribution is -2.62. The second kappa shape index (κ2) is 3.42. The Kier molecular flexibility index (Phi) is 2.76. The Hall–Kier alpha value is -0.780. The van der Waals surface area contributed by atoms with E-state index in [0.717, 1.165) is 0 Å². The number of hydrogen-bond donors (Lipinski definition) is 2. The first-order chi connectivity index (χ1) is 6.29. The molecule has 2 unspecified atom stereocenters. The highest BCUT2D eigenvalue weighted by atomic mass is 19.4. The zero-order valence-electron chi connectivity index (χ0n) is 7.47. The van der Waals surface area contributed by atoms with Crippen LogP contribution in [0.2, 0.25) is 0 Å². The standard InChI is InChI=1S/C8H12F3NO2/c9-8(10,11)7(12)4-2-1-3-5(7)6(13)14/h5H,1-4,12H2,(H,13,14). The van der Waals surface area contributed by atoms with Gasteiger partial charge >= 0.3 is 12.1 Å². The molecule has 0 bridgehead atoms. The summed E-state index contributed by atoms with van der Waals surface area (Å²) < 4.78 is 37.6. The summed E-state index contributed by atoms with van der Waals surface area (Å²) in [7, 11) is 0. The summed E-state index contributed by atoms with van der Waals surface area (Å²) in [5.74, 6) is -2.96. The molecule has 14 heavy (non-hydrogen) atoms. The lowest BCUT2D eigenvalue weighted by Gasteiger charge is -2.39. The zero-order chi connectivity index (χ0) is 11.0. The van der Waals surface area contributed by atoms with E-state index in [1.807, 2.05) is 0 Å². The van der Waals surface area contributed by atoms with Crippen LogP contribution in [0.25, 0.3) is 0 Å². The van der Waals surface area contributed by atoms with Gasteiger partial charge in [-0.1, -0.05) is 12.8 Å².